The number of hydrogen-bond acceptors (Lipinski definition) is 4. The summed E-state index contributed by atoms with van der Waals surface area (Å²) >= 11 is 0. The zero-order valence-corrected chi connectivity index (χ0v) is 19.2. The lowest BCUT2D eigenvalue weighted by atomic mass is 9.78. The minimum atomic E-state index is 0.281. The van der Waals surface area contributed by atoms with Crippen molar-refractivity contribution in [2.75, 3.05) is 26.2 Å². The second kappa shape index (κ2) is 9.92. The Hall–Kier alpha value is -1.63. The number of guanidine groups is 1. The number of aromatic nitrogens is 3. The first-order valence-electron chi connectivity index (χ1n) is 11.5. The number of nitrogens with zero attached hydrogens (tertiary/aromatic N) is 5. The average molecular weight is 404 g/mol. The van der Waals surface area contributed by atoms with Crippen molar-refractivity contribution < 1.29 is 0 Å². The second-order valence-corrected chi connectivity index (χ2v) is 9.52. The van der Waals surface area contributed by atoms with Crippen LogP contribution >= 0.6 is 0 Å². The van der Waals surface area contributed by atoms with Gasteiger partial charge in [0.05, 0.1) is 0 Å². The molecule has 1 saturated heterocycles. The van der Waals surface area contributed by atoms with Crippen LogP contribution in [-0.4, -0.2) is 57.8 Å². The molecule has 164 valence electrons. The Morgan fingerprint density at radius 2 is 1.90 bits per heavy atom. The minimum absolute atomic E-state index is 0.281. The first-order valence-corrected chi connectivity index (χ1v) is 11.5. The molecule has 0 radical (unpaired) electrons. The largest absolute Gasteiger partial charge is 0.356 e. The molecule has 1 saturated carbocycles. The molecule has 1 aromatic rings. The average Bonchev–Trinajstić information content (AvgIpc) is 3.45. The molecule has 2 aliphatic rings. The van der Waals surface area contributed by atoms with Gasteiger partial charge in [0.25, 0.3) is 0 Å². The van der Waals surface area contributed by atoms with Gasteiger partial charge in [0, 0.05) is 26.2 Å². The summed E-state index contributed by atoms with van der Waals surface area (Å²) in [5.74, 6) is 3.53. The van der Waals surface area contributed by atoms with Crippen LogP contribution in [0.15, 0.2) is 4.99 Å². The van der Waals surface area contributed by atoms with Gasteiger partial charge in [-0.1, -0.05) is 33.6 Å². The van der Waals surface area contributed by atoms with Gasteiger partial charge in [-0.3, -0.25) is 4.90 Å². The van der Waals surface area contributed by atoms with E-state index >= 15 is 0 Å². The Morgan fingerprint density at radius 3 is 2.55 bits per heavy atom. The first kappa shape index (κ1) is 22.1. The van der Waals surface area contributed by atoms with Crippen LogP contribution in [-0.2, 0) is 13.6 Å². The van der Waals surface area contributed by atoms with E-state index in [1.54, 1.807) is 0 Å². The molecule has 29 heavy (non-hydrogen) atoms. The molecule has 0 aromatic carbocycles. The third-order valence-electron chi connectivity index (χ3n) is 7.14. The van der Waals surface area contributed by atoms with Crippen LogP contribution in [0.1, 0.15) is 70.9 Å². The van der Waals surface area contributed by atoms with Crippen LogP contribution in [0, 0.1) is 18.3 Å². The fourth-order valence-electron chi connectivity index (χ4n) is 4.83. The van der Waals surface area contributed by atoms with Gasteiger partial charge in [-0.25, -0.2) is 4.99 Å². The monoisotopic (exact) mass is 403 g/mol. The third-order valence-corrected chi connectivity index (χ3v) is 7.14. The summed E-state index contributed by atoms with van der Waals surface area (Å²) in [6.45, 7) is 13.8. The maximum atomic E-state index is 4.86. The van der Waals surface area contributed by atoms with Crippen LogP contribution < -0.4 is 10.6 Å². The standard InChI is InChI=1S/C22H41N7/c1-6-29-13-9-12-19(29)14-23-21(24-15-20-27-26-17(2)28(20)5)25-16-22(3,4)18-10-7-8-11-18/h18-19H,6-16H2,1-5H3,(H2,23,24,25). The van der Waals surface area contributed by atoms with Crippen molar-refractivity contribution in [2.24, 2.45) is 23.4 Å². The summed E-state index contributed by atoms with van der Waals surface area (Å²) in [4.78, 5) is 7.43. The Labute approximate surface area is 176 Å². The Kier molecular flexibility index (Phi) is 7.55. The molecule has 1 aliphatic heterocycles. The predicted molar refractivity (Wildman–Crippen MR) is 119 cm³/mol. The smallest absolute Gasteiger partial charge is 0.191 e. The van der Waals surface area contributed by atoms with Crippen LogP contribution in [0.3, 0.4) is 0 Å². The first-order chi connectivity index (χ1) is 13.9. The van der Waals surface area contributed by atoms with Crippen molar-refractivity contribution in [2.45, 2.75) is 78.8 Å². The molecule has 7 nitrogen and oxygen atoms in total. The predicted octanol–water partition coefficient (Wildman–Crippen LogP) is 2.86. The summed E-state index contributed by atoms with van der Waals surface area (Å²) in [7, 11) is 2.00. The molecule has 2 N–H and O–H groups in total. The molecule has 1 atom stereocenters. The van der Waals surface area contributed by atoms with Crippen molar-refractivity contribution in [3.8, 4) is 0 Å². The number of aliphatic imine (C=N–C) groups is 1. The number of rotatable bonds is 8. The van der Waals surface area contributed by atoms with E-state index < -0.39 is 0 Å². The molecule has 2 heterocycles. The minimum Gasteiger partial charge on any atom is -0.356 e. The summed E-state index contributed by atoms with van der Waals surface area (Å²) < 4.78 is 2.01. The normalized spacial score (nSPS) is 21.8. The van der Waals surface area contributed by atoms with E-state index in [1.807, 2.05) is 18.5 Å². The molecule has 3 rings (SSSR count). The van der Waals surface area contributed by atoms with Gasteiger partial charge in [-0.05, 0) is 57.0 Å². The molecule has 0 amide bonds. The molecular weight excluding hydrogens is 362 g/mol. The maximum Gasteiger partial charge on any atom is 0.191 e. The number of nitrogens with one attached hydrogen (secondary N) is 2. The van der Waals surface area contributed by atoms with Crippen LogP contribution in [0.25, 0.3) is 0 Å². The summed E-state index contributed by atoms with van der Waals surface area (Å²) in [5.41, 5.74) is 0.281. The zero-order valence-electron chi connectivity index (χ0n) is 19.2. The fourth-order valence-corrected chi connectivity index (χ4v) is 4.83. The summed E-state index contributed by atoms with van der Waals surface area (Å²) in [5, 5.41) is 15.7. The van der Waals surface area contributed by atoms with Crippen LogP contribution in [0.5, 0.6) is 0 Å². The van der Waals surface area contributed by atoms with Gasteiger partial charge < -0.3 is 15.2 Å². The fraction of sp³-hybridized carbons (Fsp3) is 0.864. The van der Waals surface area contributed by atoms with Crippen LogP contribution in [0.4, 0.5) is 0 Å². The summed E-state index contributed by atoms with van der Waals surface area (Å²) in [6.07, 6.45) is 8.05. The molecule has 1 aliphatic carbocycles. The maximum absolute atomic E-state index is 4.86. The van der Waals surface area contributed by atoms with E-state index in [2.05, 4.69) is 46.5 Å². The highest BCUT2D eigenvalue weighted by Gasteiger charge is 2.32. The quantitative estimate of drug-likeness (QED) is 0.516. The van der Waals surface area contributed by atoms with E-state index in [4.69, 9.17) is 4.99 Å². The zero-order chi connectivity index (χ0) is 20.9. The van der Waals surface area contributed by atoms with Gasteiger partial charge in [-0.2, -0.15) is 0 Å². The Bertz CT molecular complexity index is 673. The topological polar surface area (TPSA) is 70.4 Å². The van der Waals surface area contributed by atoms with Crippen LogP contribution in [0.2, 0.25) is 0 Å². The number of likely N-dealkylation sites (tertiary alicyclic amines) is 1. The van der Waals surface area contributed by atoms with Gasteiger partial charge in [0.15, 0.2) is 11.8 Å². The highest BCUT2D eigenvalue weighted by molar-refractivity contribution is 5.79. The SMILES string of the molecule is CCN1CCCC1CNC(=NCc1nnc(C)n1C)NCC(C)(C)C1CCCC1. The second-order valence-electron chi connectivity index (χ2n) is 9.52. The van der Waals surface area contributed by atoms with E-state index in [0.717, 1.165) is 43.2 Å². The number of hydrogen-bond donors (Lipinski definition) is 2. The lowest BCUT2D eigenvalue weighted by Crippen LogP contribution is -2.47. The molecule has 0 spiro atoms. The lowest BCUT2D eigenvalue weighted by molar-refractivity contribution is 0.217. The molecular formula is C22H41N7. The van der Waals surface area contributed by atoms with Crippen molar-refractivity contribution in [3.05, 3.63) is 11.6 Å². The van der Waals surface area contributed by atoms with Crippen molar-refractivity contribution in [3.63, 3.8) is 0 Å². The molecule has 7 heteroatoms. The number of aryl methyl sites for hydroxylation is 1. The highest BCUT2D eigenvalue weighted by atomic mass is 15.3. The van der Waals surface area contributed by atoms with Crippen molar-refractivity contribution in [1.29, 1.82) is 0 Å². The van der Waals surface area contributed by atoms with Crippen molar-refractivity contribution >= 4 is 5.96 Å². The van der Waals surface area contributed by atoms with E-state index in [0.29, 0.717) is 12.6 Å². The number of likely N-dealkylation sites (N-methyl/N-ethyl adjacent to an activating group) is 1. The van der Waals surface area contributed by atoms with E-state index in [1.165, 1.54) is 45.1 Å². The molecule has 1 aromatic heterocycles. The Morgan fingerprint density at radius 1 is 1.14 bits per heavy atom. The van der Waals surface area contributed by atoms with E-state index in [-0.39, 0.29) is 5.41 Å². The molecule has 2 fully saturated rings. The molecule has 1 unspecified atom stereocenters. The van der Waals surface area contributed by atoms with Gasteiger partial charge >= 0.3 is 0 Å². The van der Waals surface area contributed by atoms with Gasteiger partial charge in [0.1, 0.15) is 12.4 Å². The third kappa shape index (κ3) is 5.71. The Balaban J connectivity index is 1.63. The van der Waals surface area contributed by atoms with Gasteiger partial charge in [0.2, 0.25) is 0 Å². The highest BCUT2D eigenvalue weighted by Crippen LogP contribution is 2.38. The molecule has 0 bridgehead atoms. The summed E-state index contributed by atoms with van der Waals surface area (Å²) in [6, 6.07) is 0.604. The lowest BCUT2D eigenvalue weighted by Gasteiger charge is -2.33. The van der Waals surface area contributed by atoms with Crippen molar-refractivity contribution in [1.82, 2.24) is 30.3 Å². The van der Waals surface area contributed by atoms with E-state index in [9.17, 15) is 0 Å². The van der Waals surface area contributed by atoms with Gasteiger partial charge in [-0.15, -0.1) is 10.2 Å².